The first-order valence-electron chi connectivity index (χ1n) is 4.57. The monoisotopic (exact) mass is 276 g/mol. The smallest absolute Gasteiger partial charge is 0.144 e. The van der Waals surface area contributed by atoms with Crippen LogP contribution in [0.5, 0.6) is 5.75 Å². The lowest BCUT2D eigenvalue weighted by atomic mass is 9.84. The summed E-state index contributed by atoms with van der Waals surface area (Å²) in [6.45, 7) is 3.39. The van der Waals surface area contributed by atoms with Gasteiger partial charge in [0.25, 0.3) is 0 Å². The van der Waals surface area contributed by atoms with Gasteiger partial charge in [-0.3, -0.25) is 0 Å². The Morgan fingerprint density at radius 2 is 2.07 bits per heavy atom. The van der Waals surface area contributed by atoms with Crippen molar-refractivity contribution in [2.24, 2.45) is 0 Å². The van der Waals surface area contributed by atoms with Crippen LogP contribution >= 0.6 is 15.9 Å². The van der Waals surface area contributed by atoms with Crippen LogP contribution in [-0.2, 0) is 5.41 Å². The number of hydrogen-bond donors (Lipinski definition) is 1. The van der Waals surface area contributed by atoms with Crippen molar-refractivity contribution < 1.29 is 14.2 Å². The minimum atomic E-state index is -0.667. The van der Waals surface area contributed by atoms with Crippen molar-refractivity contribution in [1.29, 1.82) is 0 Å². The molecule has 0 amide bonds. The number of hydrogen-bond acceptors (Lipinski definition) is 2. The SMILES string of the molecule is COc1ccc(Br)c(F)c1C(C)(C)CO. The van der Waals surface area contributed by atoms with Gasteiger partial charge in [0.2, 0.25) is 0 Å². The largest absolute Gasteiger partial charge is 0.496 e. The fourth-order valence-electron chi connectivity index (χ4n) is 1.41. The van der Waals surface area contributed by atoms with Gasteiger partial charge in [-0.15, -0.1) is 0 Å². The van der Waals surface area contributed by atoms with Gasteiger partial charge in [-0.05, 0) is 28.1 Å². The number of benzene rings is 1. The number of halogens is 2. The molecule has 0 heterocycles. The number of ether oxygens (including phenoxy) is 1. The van der Waals surface area contributed by atoms with Gasteiger partial charge in [0, 0.05) is 11.0 Å². The van der Waals surface area contributed by atoms with E-state index >= 15 is 0 Å². The zero-order chi connectivity index (χ0) is 11.6. The summed E-state index contributed by atoms with van der Waals surface area (Å²) in [7, 11) is 1.49. The number of methoxy groups -OCH3 is 1. The third-order valence-electron chi connectivity index (χ3n) is 2.35. The van der Waals surface area contributed by atoms with Crippen molar-refractivity contribution in [1.82, 2.24) is 0 Å². The van der Waals surface area contributed by atoms with Crippen LogP contribution in [-0.4, -0.2) is 18.8 Å². The van der Waals surface area contributed by atoms with Crippen molar-refractivity contribution in [2.75, 3.05) is 13.7 Å². The standard InChI is InChI=1S/C11H14BrFO2/c1-11(2,6-14)9-8(15-3)5-4-7(12)10(9)13/h4-5,14H,6H2,1-3H3. The van der Waals surface area contributed by atoms with Gasteiger partial charge in [-0.1, -0.05) is 13.8 Å². The molecule has 0 radical (unpaired) electrons. The highest BCUT2D eigenvalue weighted by Gasteiger charge is 2.28. The van der Waals surface area contributed by atoms with Crippen LogP contribution in [0.15, 0.2) is 16.6 Å². The van der Waals surface area contributed by atoms with E-state index in [0.29, 0.717) is 15.8 Å². The van der Waals surface area contributed by atoms with Crippen LogP contribution in [0.3, 0.4) is 0 Å². The summed E-state index contributed by atoms with van der Waals surface area (Å²) in [6.07, 6.45) is 0. The van der Waals surface area contributed by atoms with E-state index in [9.17, 15) is 9.50 Å². The highest BCUT2D eigenvalue weighted by Crippen LogP contribution is 2.36. The molecule has 0 aliphatic rings. The van der Waals surface area contributed by atoms with Crippen LogP contribution in [0.1, 0.15) is 19.4 Å². The maximum atomic E-state index is 13.9. The van der Waals surface area contributed by atoms with Crippen molar-refractivity contribution in [3.05, 3.63) is 28.0 Å². The van der Waals surface area contributed by atoms with Crippen molar-refractivity contribution in [3.63, 3.8) is 0 Å². The lowest BCUT2D eigenvalue weighted by Gasteiger charge is -2.25. The molecule has 1 rings (SSSR count). The maximum absolute atomic E-state index is 13.9. The first-order valence-corrected chi connectivity index (χ1v) is 5.36. The molecule has 0 unspecified atom stereocenters. The van der Waals surface area contributed by atoms with Gasteiger partial charge >= 0.3 is 0 Å². The number of rotatable bonds is 3. The molecule has 4 heteroatoms. The molecule has 0 aliphatic heterocycles. The highest BCUT2D eigenvalue weighted by molar-refractivity contribution is 9.10. The van der Waals surface area contributed by atoms with E-state index in [4.69, 9.17) is 4.74 Å². The zero-order valence-electron chi connectivity index (χ0n) is 8.97. The molecule has 84 valence electrons. The second kappa shape index (κ2) is 4.49. The second-order valence-electron chi connectivity index (χ2n) is 3.98. The summed E-state index contributed by atoms with van der Waals surface area (Å²) >= 11 is 3.12. The second-order valence-corrected chi connectivity index (χ2v) is 4.83. The van der Waals surface area contributed by atoms with Gasteiger partial charge in [0.1, 0.15) is 11.6 Å². The van der Waals surface area contributed by atoms with Crippen molar-refractivity contribution in [2.45, 2.75) is 19.3 Å². The fourth-order valence-corrected chi connectivity index (χ4v) is 1.74. The van der Waals surface area contributed by atoms with E-state index in [1.165, 1.54) is 7.11 Å². The molecule has 15 heavy (non-hydrogen) atoms. The molecular formula is C11H14BrFO2. The van der Waals surface area contributed by atoms with Crippen LogP contribution < -0.4 is 4.74 Å². The first kappa shape index (κ1) is 12.5. The van der Waals surface area contributed by atoms with Crippen molar-refractivity contribution >= 4 is 15.9 Å². The van der Waals surface area contributed by atoms with Crippen LogP contribution in [0.4, 0.5) is 4.39 Å². The molecule has 1 aromatic rings. The molecule has 2 nitrogen and oxygen atoms in total. The average molecular weight is 277 g/mol. The lowest BCUT2D eigenvalue weighted by molar-refractivity contribution is 0.210. The summed E-state index contributed by atoms with van der Waals surface area (Å²) in [5.74, 6) is 0.0724. The third-order valence-corrected chi connectivity index (χ3v) is 2.96. The zero-order valence-corrected chi connectivity index (χ0v) is 10.6. The summed E-state index contributed by atoms with van der Waals surface area (Å²) < 4.78 is 19.4. The van der Waals surface area contributed by atoms with E-state index < -0.39 is 5.41 Å². The van der Waals surface area contributed by atoms with Crippen molar-refractivity contribution in [3.8, 4) is 5.75 Å². The molecule has 0 aliphatic carbocycles. The molecule has 0 saturated heterocycles. The van der Waals surface area contributed by atoms with Gasteiger partial charge in [-0.2, -0.15) is 0 Å². The molecule has 0 fully saturated rings. The fraction of sp³-hybridized carbons (Fsp3) is 0.455. The minimum Gasteiger partial charge on any atom is -0.496 e. The molecule has 0 saturated carbocycles. The topological polar surface area (TPSA) is 29.5 Å². The van der Waals surface area contributed by atoms with E-state index in [1.54, 1.807) is 26.0 Å². The molecule has 1 N–H and O–H groups in total. The van der Waals surface area contributed by atoms with Crippen LogP contribution in [0.2, 0.25) is 0 Å². The maximum Gasteiger partial charge on any atom is 0.144 e. The third kappa shape index (κ3) is 2.32. The van der Waals surface area contributed by atoms with Gasteiger partial charge in [-0.25, -0.2) is 4.39 Å². The van der Waals surface area contributed by atoms with Crippen LogP contribution in [0, 0.1) is 5.82 Å². The molecule has 0 spiro atoms. The normalized spacial score (nSPS) is 11.6. The van der Waals surface area contributed by atoms with Gasteiger partial charge in [0.05, 0.1) is 18.2 Å². The Morgan fingerprint density at radius 1 is 1.47 bits per heavy atom. The average Bonchev–Trinajstić information content (AvgIpc) is 2.21. The predicted octanol–water partition coefficient (Wildman–Crippen LogP) is 2.87. The quantitative estimate of drug-likeness (QED) is 0.920. The Kier molecular flexibility index (Phi) is 3.73. The summed E-state index contributed by atoms with van der Waals surface area (Å²) in [6, 6.07) is 3.27. The lowest BCUT2D eigenvalue weighted by Crippen LogP contribution is -2.24. The summed E-state index contributed by atoms with van der Waals surface area (Å²) in [4.78, 5) is 0. The Bertz CT molecular complexity index is 364. The highest BCUT2D eigenvalue weighted by atomic mass is 79.9. The molecule has 0 atom stereocenters. The first-order chi connectivity index (χ1) is 6.94. The van der Waals surface area contributed by atoms with Gasteiger partial charge < -0.3 is 9.84 Å². The predicted molar refractivity (Wildman–Crippen MR) is 60.8 cm³/mol. The Hall–Kier alpha value is -0.610. The molecule has 0 aromatic heterocycles. The number of aliphatic hydroxyl groups excluding tert-OH is 1. The Balaban J connectivity index is 3.42. The Labute approximate surface area is 97.2 Å². The summed E-state index contributed by atoms with van der Waals surface area (Å²) in [5, 5.41) is 9.25. The molecular weight excluding hydrogens is 263 g/mol. The minimum absolute atomic E-state index is 0.142. The molecule has 1 aromatic carbocycles. The summed E-state index contributed by atoms with van der Waals surface area (Å²) in [5.41, 5.74) is -0.277. The van der Waals surface area contributed by atoms with E-state index in [0.717, 1.165) is 0 Å². The van der Waals surface area contributed by atoms with Gasteiger partial charge in [0.15, 0.2) is 0 Å². The van der Waals surface area contributed by atoms with E-state index in [2.05, 4.69) is 15.9 Å². The number of aliphatic hydroxyl groups is 1. The Morgan fingerprint density at radius 3 is 2.53 bits per heavy atom. The van der Waals surface area contributed by atoms with E-state index in [-0.39, 0.29) is 12.4 Å². The van der Waals surface area contributed by atoms with Crippen LogP contribution in [0.25, 0.3) is 0 Å². The van der Waals surface area contributed by atoms with E-state index in [1.807, 2.05) is 0 Å². The molecule has 0 bridgehead atoms.